The van der Waals surface area contributed by atoms with Crippen LogP contribution in [0.5, 0.6) is 0 Å². The quantitative estimate of drug-likeness (QED) is 0.762. The first-order chi connectivity index (χ1) is 12.5. The van der Waals surface area contributed by atoms with Crippen LogP contribution in [0.4, 0.5) is 0 Å². The number of fused-ring (bicyclic) bond motifs is 2. The van der Waals surface area contributed by atoms with Crippen molar-refractivity contribution in [2.45, 2.75) is 54.8 Å². The molecule has 2 aliphatic heterocycles. The van der Waals surface area contributed by atoms with Crippen molar-refractivity contribution >= 4 is 21.8 Å². The number of benzene rings is 2. The summed E-state index contributed by atoms with van der Waals surface area (Å²) in [5.74, 6) is 0. The van der Waals surface area contributed by atoms with Gasteiger partial charge in [-0.15, -0.1) is 0 Å². The molecule has 5 heteroatoms. The summed E-state index contributed by atoms with van der Waals surface area (Å²) < 4.78 is 28.3. The zero-order valence-electron chi connectivity index (χ0n) is 15.3. The molecule has 2 aromatic rings. The topological polar surface area (TPSA) is 37.4 Å². The molecule has 138 valence electrons. The summed E-state index contributed by atoms with van der Waals surface area (Å²) in [6.07, 6.45) is 6.11. The summed E-state index contributed by atoms with van der Waals surface area (Å²) in [4.78, 5) is 0.424. The van der Waals surface area contributed by atoms with Gasteiger partial charge in [0.2, 0.25) is 10.0 Å². The fourth-order valence-electron chi connectivity index (χ4n) is 4.43. The number of hydrogen-bond acceptors (Lipinski definition) is 3. The first-order valence-corrected chi connectivity index (χ1v) is 12.0. The van der Waals surface area contributed by atoms with Crippen molar-refractivity contribution in [1.82, 2.24) is 4.31 Å². The molecule has 2 aliphatic rings. The average Bonchev–Trinajstić information content (AvgIpc) is 2.93. The van der Waals surface area contributed by atoms with Gasteiger partial charge in [0.1, 0.15) is 0 Å². The monoisotopic (exact) mass is 387 g/mol. The second-order valence-electron chi connectivity index (χ2n) is 7.44. The zero-order valence-corrected chi connectivity index (χ0v) is 16.9. The number of hydrogen-bond donors (Lipinski definition) is 0. The largest absolute Gasteiger partial charge is 0.243 e. The van der Waals surface area contributed by atoms with Crippen LogP contribution in [0.25, 0.3) is 11.1 Å². The van der Waals surface area contributed by atoms with Crippen LogP contribution in [0.15, 0.2) is 53.4 Å². The highest BCUT2D eigenvalue weighted by atomic mass is 32.2. The van der Waals surface area contributed by atoms with E-state index in [9.17, 15) is 8.42 Å². The number of rotatable bonds is 4. The van der Waals surface area contributed by atoms with E-state index in [0.717, 1.165) is 36.8 Å². The summed E-state index contributed by atoms with van der Waals surface area (Å²) in [5.41, 5.74) is 3.37. The lowest BCUT2D eigenvalue weighted by Crippen LogP contribution is -2.47. The van der Waals surface area contributed by atoms with Gasteiger partial charge in [0.15, 0.2) is 0 Å². The van der Waals surface area contributed by atoms with E-state index in [4.69, 9.17) is 0 Å². The van der Waals surface area contributed by atoms with E-state index in [2.05, 4.69) is 31.4 Å². The SMILES string of the molecule is CSC1CC2CCC(C1)N2S(=O)(=O)c1ccc(-c2cccc(C)c2)cc1. The lowest BCUT2D eigenvalue weighted by Gasteiger charge is -2.37. The van der Waals surface area contributed by atoms with E-state index in [0.29, 0.717) is 10.1 Å². The van der Waals surface area contributed by atoms with Crippen molar-refractivity contribution in [1.29, 1.82) is 0 Å². The number of nitrogens with zero attached hydrogens (tertiary/aromatic N) is 1. The Morgan fingerprint density at radius 2 is 1.62 bits per heavy atom. The predicted molar refractivity (Wildman–Crippen MR) is 109 cm³/mol. The van der Waals surface area contributed by atoms with Gasteiger partial charge in [-0.2, -0.15) is 16.1 Å². The first kappa shape index (κ1) is 18.1. The third-order valence-electron chi connectivity index (χ3n) is 5.74. The molecule has 2 aromatic carbocycles. The molecule has 3 nitrogen and oxygen atoms in total. The molecule has 4 rings (SSSR count). The van der Waals surface area contributed by atoms with E-state index in [1.165, 1.54) is 5.56 Å². The fourth-order valence-corrected chi connectivity index (χ4v) is 7.16. The molecule has 0 aliphatic carbocycles. The fraction of sp³-hybridized carbons (Fsp3) is 0.429. The van der Waals surface area contributed by atoms with Crippen LogP contribution in [-0.4, -0.2) is 36.3 Å². The van der Waals surface area contributed by atoms with E-state index < -0.39 is 10.0 Å². The summed E-state index contributed by atoms with van der Waals surface area (Å²) >= 11 is 1.88. The van der Waals surface area contributed by atoms with Crippen LogP contribution < -0.4 is 0 Å². The van der Waals surface area contributed by atoms with Crippen molar-refractivity contribution < 1.29 is 8.42 Å². The highest BCUT2D eigenvalue weighted by Gasteiger charge is 2.46. The highest BCUT2D eigenvalue weighted by molar-refractivity contribution is 7.99. The predicted octanol–water partition coefficient (Wildman–Crippen LogP) is 4.71. The molecule has 0 N–H and O–H groups in total. The van der Waals surface area contributed by atoms with Crippen molar-refractivity contribution in [3.63, 3.8) is 0 Å². The molecular formula is C21H25NO2S2. The Bertz CT molecular complexity index is 878. The van der Waals surface area contributed by atoms with Gasteiger partial charge in [-0.1, -0.05) is 42.0 Å². The summed E-state index contributed by atoms with van der Waals surface area (Å²) in [7, 11) is -3.41. The number of aryl methyl sites for hydroxylation is 1. The Balaban J connectivity index is 1.61. The Morgan fingerprint density at radius 3 is 2.19 bits per heavy atom. The van der Waals surface area contributed by atoms with Crippen LogP contribution in [0.2, 0.25) is 0 Å². The van der Waals surface area contributed by atoms with Crippen molar-refractivity contribution in [3.05, 3.63) is 54.1 Å². The Morgan fingerprint density at radius 1 is 0.962 bits per heavy atom. The van der Waals surface area contributed by atoms with Gasteiger partial charge < -0.3 is 0 Å². The molecule has 2 unspecified atom stereocenters. The Kier molecular flexibility index (Phi) is 4.88. The van der Waals surface area contributed by atoms with Gasteiger partial charge in [-0.05, 0) is 62.1 Å². The lowest BCUT2D eigenvalue weighted by molar-refractivity contribution is 0.253. The van der Waals surface area contributed by atoms with Gasteiger partial charge in [-0.25, -0.2) is 8.42 Å². The maximum atomic E-state index is 13.3. The normalized spacial score (nSPS) is 26.2. The minimum absolute atomic E-state index is 0.174. The third kappa shape index (κ3) is 3.21. The van der Waals surface area contributed by atoms with Gasteiger partial charge in [0.05, 0.1) is 4.90 Å². The van der Waals surface area contributed by atoms with Crippen LogP contribution in [0.1, 0.15) is 31.2 Å². The molecule has 2 heterocycles. The average molecular weight is 388 g/mol. The second-order valence-corrected chi connectivity index (χ2v) is 10.4. The standard InChI is InChI=1S/C21H25NO2S2/c1-15-4-3-5-17(12-15)16-6-10-21(11-7-16)26(23,24)22-18-8-9-19(22)14-20(13-18)25-2/h3-7,10-12,18-20H,8-9,13-14H2,1-2H3. The van der Waals surface area contributed by atoms with E-state index >= 15 is 0 Å². The molecule has 2 atom stereocenters. The first-order valence-electron chi connectivity index (χ1n) is 9.22. The molecule has 0 radical (unpaired) electrons. The second kappa shape index (κ2) is 7.02. The number of piperidine rings is 1. The number of thioether (sulfide) groups is 1. The smallest absolute Gasteiger partial charge is 0.207 e. The van der Waals surface area contributed by atoms with Crippen molar-refractivity contribution in [2.24, 2.45) is 0 Å². The Hall–Kier alpha value is -1.30. The van der Waals surface area contributed by atoms with E-state index in [1.807, 2.05) is 34.3 Å². The molecule has 2 saturated heterocycles. The van der Waals surface area contributed by atoms with Gasteiger partial charge >= 0.3 is 0 Å². The van der Waals surface area contributed by atoms with Crippen LogP contribution in [0.3, 0.4) is 0 Å². The summed E-state index contributed by atoms with van der Waals surface area (Å²) in [5, 5.41) is 0.600. The van der Waals surface area contributed by atoms with Gasteiger partial charge in [-0.3, -0.25) is 0 Å². The molecule has 0 saturated carbocycles. The minimum atomic E-state index is -3.41. The van der Waals surface area contributed by atoms with Crippen LogP contribution >= 0.6 is 11.8 Å². The van der Waals surface area contributed by atoms with E-state index in [1.54, 1.807) is 12.1 Å². The van der Waals surface area contributed by atoms with Crippen molar-refractivity contribution in [2.75, 3.05) is 6.26 Å². The zero-order chi connectivity index (χ0) is 18.3. The minimum Gasteiger partial charge on any atom is -0.207 e. The van der Waals surface area contributed by atoms with E-state index in [-0.39, 0.29) is 12.1 Å². The maximum Gasteiger partial charge on any atom is 0.243 e. The van der Waals surface area contributed by atoms with Gasteiger partial charge in [0.25, 0.3) is 0 Å². The summed E-state index contributed by atoms with van der Waals surface area (Å²) in [6.45, 7) is 2.07. The molecule has 0 amide bonds. The highest BCUT2D eigenvalue weighted by Crippen LogP contribution is 2.42. The molecular weight excluding hydrogens is 362 g/mol. The lowest BCUT2D eigenvalue weighted by atomic mass is 10.0. The van der Waals surface area contributed by atoms with Gasteiger partial charge in [0, 0.05) is 17.3 Å². The molecule has 0 aromatic heterocycles. The Labute approximate surface area is 160 Å². The number of sulfonamides is 1. The third-order valence-corrected chi connectivity index (χ3v) is 8.81. The molecule has 26 heavy (non-hydrogen) atoms. The maximum absolute atomic E-state index is 13.3. The molecule has 2 bridgehead atoms. The van der Waals surface area contributed by atoms with Crippen LogP contribution in [-0.2, 0) is 10.0 Å². The van der Waals surface area contributed by atoms with Crippen LogP contribution in [0, 0.1) is 6.92 Å². The summed E-state index contributed by atoms with van der Waals surface area (Å²) in [6, 6.07) is 16.0. The molecule has 2 fully saturated rings. The molecule has 0 spiro atoms. The van der Waals surface area contributed by atoms with Crippen molar-refractivity contribution in [3.8, 4) is 11.1 Å².